The number of amides is 1. The van der Waals surface area contributed by atoms with E-state index in [4.69, 9.17) is 4.74 Å². The summed E-state index contributed by atoms with van der Waals surface area (Å²) in [6, 6.07) is 4.01. The summed E-state index contributed by atoms with van der Waals surface area (Å²) in [6.45, 7) is 6.85. The lowest BCUT2D eigenvalue weighted by Crippen LogP contribution is -2.25. The Balaban J connectivity index is 2.82. The first-order valence-corrected chi connectivity index (χ1v) is 5.99. The normalized spacial score (nSPS) is 10.1. The molecule has 1 rings (SSSR count). The van der Waals surface area contributed by atoms with Crippen LogP contribution in [0.3, 0.4) is 0 Å². The highest BCUT2D eigenvalue weighted by atomic mass is 16.5. The van der Waals surface area contributed by atoms with Crippen LogP contribution in [0.25, 0.3) is 0 Å². The molecule has 0 aliphatic heterocycles. The van der Waals surface area contributed by atoms with Gasteiger partial charge in [0.1, 0.15) is 5.75 Å². The quantitative estimate of drug-likeness (QED) is 0.851. The Morgan fingerprint density at radius 1 is 1.29 bits per heavy atom. The van der Waals surface area contributed by atoms with Gasteiger partial charge in [-0.2, -0.15) is 0 Å². The lowest BCUT2D eigenvalue weighted by molar-refractivity contribution is -0.120. The van der Waals surface area contributed by atoms with Gasteiger partial charge in [0.2, 0.25) is 5.91 Å². The summed E-state index contributed by atoms with van der Waals surface area (Å²) in [5.74, 6) is 0.841. The second-order valence-electron chi connectivity index (χ2n) is 4.28. The second-order valence-corrected chi connectivity index (χ2v) is 4.28. The van der Waals surface area contributed by atoms with Gasteiger partial charge >= 0.3 is 0 Å². The fraction of sp³-hybridized carbons (Fsp3) is 0.500. The van der Waals surface area contributed by atoms with Crippen molar-refractivity contribution in [2.75, 3.05) is 13.7 Å². The first-order chi connectivity index (χ1) is 8.08. The maximum atomic E-state index is 11.7. The number of hydrogen-bond acceptors (Lipinski definition) is 2. The molecule has 0 fully saturated rings. The molecule has 0 bridgehead atoms. The Kier molecular flexibility index (Phi) is 5.01. The highest BCUT2D eigenvalue weighted by Crippen LogP contribution is 2.23. The number of methoxy groups -OCH3 is 1. The minimum absolute atomic E-state index is 0.0494. The van der Waals surface area contributed by atoms with Gasteiger partial charge in [0.25, 0.3) is 0 Å². The van der Waals surface area contributed by atoms with E-state index in [1.54, 1.807) is 7.11 Å². The number of hydrogen-bond donors (Lipinski definition) is 1. The van der Waals surface area contributed by atoms with E-state index in [1.165, 1.54) is 11.1 Å². The molecule has 0 unspecified atom stereocenters. The molecule has 0 radical (unpaired) electrons. The van der Waals surface area contributed by atoms with E-state index in [2.05, 4.69) is 5.32 Å². The summed E-state index contributed by atoms with van der Waals surface area (Å²) in [6.07, 6.45) is 1.33. The van der Waals surface area contributed by atoms with Gasteiger partial charge in [-0.25, -0.2) is 0 Å². The molecule has 3 heteroatoms. The van der Waals surface area contributed by atoms with E-state index >= 15 is 0 Å². The number of nitrogens with one attached hydrogen (secondary N) is 1. The van der Waals surface area contributed by atoms with Crippen molar-refractivity contribution in [3.63, 3.8) is 0 Å². The number of benzene rings is 1. The molecule has 0 aliphatic rings. The van der Waals surface area contributed by atoms with Crippen LogP contribution in [-0.4, -0.2) is 19.6 Å². The summed E-state index contributed by atoms with van der Waals surface area (Å²) in [5, 5.41) is 2.87. The van der Waals surface area contributed by atoms with Gasteiger partial charge in [0.15, 0.2) is 0 Å². The summed E-state index contributed by atoms with van der Waals surface area (Å²) in [4.78, 5) is 11.7. The average molecular weight is 235 g/mol. The molecule has 0 spiro atoms. The Morgan fingerprint density at radius 3 is 2.53 bits per heavy atom. The van der Waals surface area contributed by atoms with Crippen LogP contribution in [0.2, 0.25) is 0 Å². The Bertz CT molecular complexity index is 399. The molecule has 1 N–H and O–H groups in total. The van der Waals surface area contributed by atoms with E-state index in [9.17, 15) is 4.79 Å². The van der Waals surface area contributed by atoms with Crippen LogP contribution in [0.4, 0.5) is 0 Å². The maximum absolute atomic E-state index is 11.7. The highest BCUT2D eigenvalue weighted by molar-refractivity contribution is 5.79. The molecule has 0 aliphatic carbocycles. The number of rotatable bonds is 5. The van der Waals surface area contributed by atoms with Crippen molar-refractivity contribution in [2.45, 2.75) is 33.6 Å². The van der Waals surface area contributed by atoms with E-state index in [0.717, 1.165) is 24.3 Å². The van der Waals surface area contributed by atoms with Crippen LogP contribution in [0.1, 0.15) is 30.0 Å². The van der Waals surface area contributed by atoms with Gasteiger partial charge in [-0.05, 0) is 37.5 Å². The molecule has 1 amide bonds. The molecule has 3 nitrogen and oxygen atoms in total. The summed E-state index contributed by atoms with van der Waals surface area (Å²) >= 11 is 0. The molecule has 0 saturated carbocycles. The second kappa shape index (κ2) is 6.28. The Hall–Kier alpha value is -1.51. The summed E-state index contributed by atoms with van der Waals surface area (Å²) in [7, 11) is 1.64. The monoisotopic (exact) mass is 235 g/mol. The predicted octanol–water partition coefficient (Wildman–Crippen LogP) is 2.38. The van der Waals surface area contributed by atoms with Gasteiger partial charge in [-0.15, -0.1) is 0 Å². The molecule has 0 saturated heterocycles. The largest absolute Gasteiger partial charge is 0.496 e. The molecule has 0 atom stereocenters. The molecule has 0 aromatic heterocycles. The van der Waals surface area contributed by atoms with Crippen molar-refractivity contribution in [1.82, 2.24) is 5.32 Å². The third-order valence-corrected chi connectivity index (χ3v) is 2.82. The zero-order valence-electron chi connectivity index (χ0n) is 11.1. The summed E-state index contributed by atoms with van der Waals surface area (Å²) in [5.41, 5.74) is 3.31. The average Bonchev–Trinajstić information content (AvgIpc) is 2.31. The molecule has 94 valence electrons. The van der Waals surface area contributed by atoms with Crippen LogP contribution in [0, 0.1) is 13.8 Å². The van der Waals surface area contributed by atoms with Crippen LogP contribution in [0.15, 0.2) is 12.1 Å². The zero-order valence-corrected chi connectivity index (χ0v) is 11.1. The van der Waals surface area contributed by atoms with Crippen molar-refractivity contribution < 1.29 is 9.53 Å². The maximum Gasteiger partial charge on any atom is 0.224 e. The third kappa shape index (κ3) is 3.77. The zero-order chi connectivity index (χ0) is 12.8. The standard InChI is InChI=1S/C14H21NO2/c1-5-6-15-14(16)9-12-7-10(2)11(3)8-13(12)17-4/h7-8H,5-6,9H2,1-4H3,(H,15,16). The third-order valence-electron chi connectivity index (χ3n) is 2.82. The van der Waals surface area contributed by atoms with Crippen molar-refractivity contribution in [3.05, 3.63) is 28.8 Å². The first kappa shape index (κ1) is 13.6. The number of carbonyl (C=O) groups excluding carboxylic acids is 1. The molecular formula is C14H21NO2. The predicted molar refractivity (Wildman–Crippen MR) is 69.5 cm³/mol. The van der Waals surface area contributed by atoms with Gasteiger partial charge in [0.05, 0.1) is 13.5 Å². The van der Waals surface area contributed by atoms with E-state index in [0.29, 0.717) is 6.42 Å². The van der Waals surface area contributed by atoms with E-state index in [1.807, 2.05) is 32.9 Å². The highest BCUT2D eigenvalue weighted by Gasteiger charge is 2.10. The Labute approximate surface area is 103 Å². The van der Waals surface area contributed by atoms with Crippen LogP contribution in [-0.2, 0) is 11.2 Å². The van der Waals surface area contributed by atoms with E-state index in [-0.39, 0.29) is 5.91 Å². The lowest BCUT2D eigenvalue weighted by atomic mass is 10.0. The molecular weight excluding hydrogens is 214 g/mol. The van der Waals surface area contributed by atoms with Crippen LogP contribution < -0.4 is 10.1 Å². The van der Waals surface area contributed by atoms with Gasteiger partial charge in [-0.3, -0.25) is 4.79 Å². The fourth-order valence-corrected chi connectivity index (χ4v) is 1.68. The van der Waals surface area contributed by atoms with Crippen molar-refractivity contribution >= 4 is 5.91 Å². The number of aryl methyl sites for hydroxylation is 2. The van der Waals surface area contributed by atoms with Crippen LogP contribution >= 0.6 is 0 Å². The number of ether oxygens (including phenoxy) is 1. The van der Waals surface area contributed by atoms with Gasteiger partial charge in [0, 0.05) is 12.1 Å². The van der Waals surface area contributed by atoms with Gasteiger partial charge in [-0.1, -0.05) is 13.0 Å². The molecule has 0 heterocycles. The topological polar surface area (TPSA) is 38.3 Å². The van der Waals surface area contributed by atoms with Crippen LogP contribution in [0.5, 0.6) is 5.75 Å². The van der Waals surface area contributed by atoms with Crippen molar-refractivity contribution in [3.8, 4) is 5.75 Å². The molecule has 1 aromatic rings. The number of carbonyl (C=O) groups is 1. The Morgan fingerprint density at radius 2 is 1.94 bits per heavy atom. The van der Waals surface area contributed by atoms with Crippen molar-refractivity contribution in [1.29, 1.82) is 0 Å². The minimum atomic E-state index is 0.0494. The molecule has 1 aromatic carbocycles. The molecule has 17 heavy (non-hydrogen) atoms. The smallest absolute Gasteiger partial charge is 0.224 e. The van der Waals surface area contributed by atoms with E-state index < -0.39 is 0 Å². The lowest BCUT2D eigenvalue weighted by Gasteiger charge is -2.11. The van der Waals surface area contributed by atoms with Crippen molar-refractivity contribution in [2.24, 2.45) is 0 Å². The SMILES string of the molecule is CCCNC(=O)Cc1cc(C)c(C)cc1OC. The summed E-state index contributed by atoms with van der Waals surface area (Å²) < 4.78 is 5.31. The first-order valence-electron chi connectivity index (χ1n) is 5.99. The fourth-order valence-electron chi connectivity index (χ4n) is 1.68. The minimum Gasteiger partial charge on any atom is -0.496 e. The van der Waals surface area contributed by atoms with Gasteiger partial charge < -0.3 is 10.1 Å².